The van der Waals surface area contributed by atoms with Crippen LogP contribution in [0.5, 0.6) is 0 Å². The van der Waals surface area contributed by atoms with Crippen molar-refractivity contribution in [3.63, 3.8) is 0 Å². The highest BCUT2D eigenvalue weighted by Crippen LogP contribution is 2.11. The highest BCUT2D eigenvalue weighted by Gasteiger charge is 2.14. The smallest absolute Gasteiger partial charge is 0.235 e. The molecule has 0 radical (unpaired) electrons. The van der Waals surface area contributed by atoms with Gasteiger partial charge in [0.2, 0.25) is 15.9 Å². The van der Waals surface area contributed by atoms with Crippen LogP contribution in [0.25, 0.3) is 0 Å². The van der Waals surface area contributed by atoms with E-state index in [9.17, 15) is 22.0 Å². The summed E-state index contributed by atoms with van der Waals surface area (Å²) in [7, 11) is -3.85. The second kappa shape index (κ2) is 7.93. The van der Waals surface area contributed by atoms with Crippen molar-refractivity contribution in [2.75, 3.05) is 6.54 Å². The summed E-state index contributed by atoms with van der Waals surface area (Å²) in [6, 6.07) is 6.30. The fraction of sp³-hybridized carbons (Fsp3) is 0.200. The van der Waals surface area contributed by atoms with E-state index in [0.29, 0.717) is 0 Å². The van der Waals surface area contributed by atoms with Crippen molar-refractivity contribution < 1.29 is 22.0 Å². The second-order valence-corrected chi connectivity index (χ2v) is 6.77. The normalized spacial score (nSPS) is 11.2. The van der Waals surface area contributed by atoms with E-state index < -0.39 is 39.9 Å². The van der Waals surface area contributed by atoms with Gasteiger partial charge in [-0.25, -0.2) is 21.9 Å². The predicted octanol–water partition coefficient (Wildman–Crippen LogP) is 1.10. The topological polar surface area (TPSA) is 88.2 Å². The van der Waals surface area contributed by atoms with Gasteiger partial charge in [0.05, 0.1) is 12.3 Å². The Balaban J connectivity index is 1.83. The first-order valence-electron chi connectivity index (χ1n) is 6.92. The maximum atomic E-state index is 13.1. The van der Waals surface area contributed by atoms with Crippen molar-refractivity contribution >= 4 is 15.9 Å². The number of carbonyl (C=O) groups is 1. The van der Waals surface area contributed by atoms with Crippen molar-refractivity contribution in [1.82, 2.24) is 15.0 Å². The third kappa shape index (κ3) is 5.67. The SMILES string of the molecule is O=C(CNS(=O)(=O)Cc1ccc(F)c(F)c1)NCc1cccnc1. The molecule has 0 aliphatic carbocycles. The number of halogens is 2. The molecule has 24 heavy (non-hydrogen) atoms. The molecule has 0 atom stereocenters. The van der Waals surface area contributed by atoms with Crippen LogP contribution in [0, 0.1) is 11.6 Å². The van der Waals surface area contributed by atoms with Gasteiger partial charge in [-0.2, -0.15) is 0 Å². The van der Waals surface area contributed by atoms with Crippen molar-refractivity contribution in [1.29, 1.82) is 0 Å². The van der Waals surface area contributed by atoms with E-state index in [1.54, 1.807) is 24.5 Å². The minimum Gasteiger partial charge on any atom is -0.351 e. The first-order valence-corrected chi connectivity index (χ1v) is 8.58. The third-order valence-electron chi connectivity index (χ3n) is 3.01. The molecule has 1 aromatic carbocycles. The first-order chi connectivity index (χ1) is 11.4. The fourth-order valence-electron chi connectivity index (χ4n) is 1.84. The number of rotatable bonds is 7. The average Bonchev–Trinajstić information content (AvgIpc) is 2.55. The van der Waals surface area contributed by atoms with Crippen LogP contribution in [0.15, 0.2) is 42.7 Å². The summed E-state index contributed by atoms with van der Waals surface area (Å²) < 4.78 is 51.7. The number of hydrogen-bond acceptors (Lipinski definition) is 4. The van der Waals surface area contributed by atoms with E-state index in [0.717, 1.165) is 17.7 Å². The number of nitrogens with zero attached hydrogens (tertiary/aromatic N) is 1. The fourth-order valence-corrected chi connectivity index (χ4v) is 2.91. The minimum absolute atomic E-state index is 0.0807. The molecule has 6 nitrogen and oxygen atoms in total. The zero-order valence-corrected chi connectivity index (χ0v) is 13.3. The highest BCUT2D eigenvalue weighted by molar-refractivity contribution is 7.88. The number of amides is 1. The first kappa shape index (κ1) is 18.0. The molecule has 2 rings (SSSR count). The number of aromatic nitrogens is 1. The van der Waals surface area contributed by atoms with Crippen LogP contribution in [-0.2, 0) is 27.1 Å². The van der Waals surface area contributed by atoms with E-state index in [1.165, 1.54) is 6.07 Å². The van der Waals surface area contributed by atoms with Gasteiger partial charge in [-0.05, 0) is 29.3 Å². The van der Waals surface area contributed by atoms with Gasteiger partial charge in [-0.15, -0.1) is 0 Å². The summed E-state index contributed by atoms with van der Waals surface area (Å²) in [6.07, 6.45) is 3.17. The summed E-state index contributed by atoms with van der Waals surface area (Å²) in [5, 5.41) is 2.54. The molecule has 9 heteroatoms. The summed E-state index contributed by atoms with van der Waals surface area (Å²) in [4.78, 5) is 15.5. The van der Waals surface area contributed by atoms with Crippen molar-refractivity contribution in [2.45, 2.75) is 12.3 Å². The van der Waals surface area contributed by atoms with E-state index in [4.69, 9.17) is 0 Å². The molecule has 0 fully saturated rings. The van der Waals surface area contributed by atoms with Gasteiger partial charge in [0.1, 0.15) is 0 Å². The van der Waals surface area contributed by atoms with Crippen LogP contribution in [0.2, 0.25) is 0 Å². The molecule has 1 heterocycles. The molecule has 1 amide bonds. The molecule has 0 aliphatic rings. The Morgan fingerprint density at radius 2 is 1.92 bits per heavy atom. The van der Waals surface area contributed by atoms with Crippen LogP contribution in [0.3, 0.4) is 0 Å². The number of nitrogens with one attached hydrogen (secondary N) is 2. The largest absolute Gasteiger partial charge is 0.351 e. The molecule has 0 unspecified atom stereocenters. The van der Waals surface area contributed by atoms with Crippen LogP contribution in [0.4, 0.5) is 8.78 Å². The predicted molar refractivity (Wildman–Crippen MR) is 83.1 cm³/mol. The maximum Gasteiger partial charge on any atom is 0.235 e. The number of hydrogen-bond donors (Lipinski definition) is 2. The van der Waals surface area contributed by atoms with Gasteiger partial charge in [0.15, 0.2) is 11.6 Å². The van der Waals surface area contributed by atoms with Gasteiger partial charge in [-0.1, -0.05) is 12.1 Å². The Hall–Kier alpha value is -2.39. The zero-order chi connectivity index (χ0) is 17.6. The summed E-state index contributed by atoms with van der Waals surface area (Å²) in [5.41, 5.74) is 0.854. The standard InChI is InChI=1S/C15H15F2N3O3S/c16-13-4-3-11(6-14(13)17)10-24(22,23)20-9-15(21)19-8-12-2-1-5-18-7-12/h1-7,20H,8-10H2,(H,19,21). The van der Waals surface area contributed by atoms with Gasteiger partial charge < -0.3 is 5.32 Å². The van der Waals surface area contributed by atoms with Crippen molar-refractivity contribution in [3.8, 4) is 0 Å². The quantitative estimate of drug-likeness (QED) is 0.778. The molecular formula is C15H15F2N3O3S. The third-order valence-corrected chi connectivity index (χ3v) is 4.30. The lowest BCUT2D eigenvalue weighted by atomic mass is 10.2. The van der Waals surface area contributed by atoms with Gasteiger partial charge in [0, 0.05) is 18.9 Å². The lowest BCUT2D eigenvalue weighted by Crippen LogP contribution is -2.37. The van der Waals surface area contributed by atoms with Gasteiger partial charge >= 0.3 is 0 Å². The number of benzene rings is 1. The molecule has 0 bridgehead atoms. The van der Waals surface area contributed by atoms with Crippen LogP contribution >= 0.6 is 0 Å². The monoisotopic (exact) mass is 355 g/mol. The zero-order valence-electron chi connectivity index (χ0n) is 12.5. The Bertz CT molecular complexity index is 814. The van der Waals surface area contributed by atoms with E-state index in [1.807, 2.05) is 0 Å². The molecule has 0 saturated heterocycles. The lowest BCUT2D eigenvalue weighted by Gasteiger charge is -2.08. The Kier molecular flexibility index (Phi) is 5.93. The molecule has 0 spiro atoms. The number of pyridine rings is 1. The number of carbonyl (C=O) groups excluding carboxylic acids is 1. The Morgan fingerprint density at radius 1 is 1.12 bits per heavy atom. The van der Waals surface area contributed by atoms with Crippen molar-refractivity contribution in [2.24, 2.45) is 0 Å². The van der Waals surface area contributed by atoms with Crippen molar-refractivity contribution in [3.05, 3.63) is 65.5 Å². The minimum atomic E-state index is -3.85. The second-order valence-electron chi connectivity index (χ2n) is 4.97. The van der Waals surface area contributed by atoms with Crippen LogP contribution in [0.1, 0.15) is 11.1 Å². The molecular weight excluding hydrogens is 340 g/mol. The number of sulfonamides is 1. The summed E-state index contributed by atoms with van der Waals surface area (Å²) in [6.45, 7) is -0.232. The summed E-state index contributed by atoms with van der Waals surface area (Å²) >= 11 is 0. The molecule has 0 aliphatic heterocycles. The van der Waals surface area contributed by atoms with E-state index >= 15 is 0 Å². The molecule has 128 valence electrons. The van der Waals surface area contributed by atoms with Gasteiger partial charge in [0.25, 0.3) is 0 Å². The Labute approximate surface area is 138 Å². The van der Waals surface area contributed by atoms with Crippen LogP contribution in [-0.4, -0.2) is 25.9 Å². The average molecular weight is 355 g/mol. The summed E-state index contributed by atoms with van der Waals surface area (Å²) in [5.74, 6) is -3.26. The molecule has 2 aromatic rings. The van der Waals surface area contributed by atoms with E-state index in [-0.39, 0.29) is 12.1 Å². The Morgan fingerprint density at radius 3 is 2.58 bits per heavy atom. The van der Waals surface area contributed by atoms with Gasteiger partial charge in [-0.3, -0.25) is 9.78 Å². The highest BCUT2D eigenvalue weighted by atomic mass is 32.2. The maximum absolute atomic E-state index is 13.1. The van der Waals surface area contributed by atoms with E-state index in [2.05, 4.69) is 15.0 Å². The molecule has 1 aromatic heterocycles. The lowest BCUT2D eigenvalue weighted by molar-refractivity contribution is -0.120. The molecule has 2 N–H and O–H groups in total. The molecule has 0 saturated carbocycles. The van der Waals surface area contributed by atoms with Crippen LogP contribution < -0.4 is 10.0 Å².